The van der Waals surface area contributed by atoms with Crippen molar-refractivity contribution in [3.05, 3.63) is 28.2 Å². The Morgan fingerprint density at radius 2 is 1.89 bits per heavy atom. The highest BCUT2D eigenvalue weighted by atomic mass is 35.5. The predicted molar refractivity (Wildman–Crippen MR) is 72.9 cm³/mol. The fourth-order valence-corrected chi connectivity index (χ4v) is 3.50. The van der Waals surface area contributed by atoms with Gasteiger partial charge in [0.05, 0.1) is 23.1 Å². The molecule has 106 valence electrons. The lowest BCUT2D eigenvalue weighted by atomic mass is 10.4. The first-order valence-electron chi connectivity index (χ1n) is 5.47. The molecule has 0 atom stereocenters. The Morgan fingerprint density at radius 1 is 1.32 bits per heavy atom. The second-order valence-electron chi connectivity index (χ2n) is 3.50. The molecule has 0 aliphatic heterocycles. The molecule has 0 unspecified atom stereocenters. The van der Waals surface area contributed by atoms with Gasteiger partial charge in [0.15, 0.2) is 0 Å². The number of halogens is 2. The van der Waals surface area contributed by atoms with Crippen molar-refractivity contribution in [3.8, 4) is 0 Å². The van der Waals surface area contributed by atoms with Crippen LogP contribution in [0.25, 0.3) is 0 Å². The van der Waals surface area contributed by atoms with Crippen LogP contribution in [-0.4, -0.2) is 27.5 Å². The Kier molecular flexibility index (Phi) is 6.06. The quantitative estimate of drug-likeness (QED) is 0.814. The Labute approximate surface area is 121 Å². The SMILES string of the molecule is CCOC(=O)CCNS(=O)(=O)c1c(Cl)cccc1Cl. The number of carbonyl (C=O) groups excluding carboxylic acids is 1. The van der Waals surface area contributed by atoms with Gasteiger partial charge in [0.1, 0.15) is 4.90 Å². The predicted octanol–water partition coefficient (Wildman–Crippen LogP) is 2.22. The molecule has 1 rings (SSSR count). The van der Waals surface area contributed by atoms with E-state index >= 15 is 0 Å². The van der Waals surface area contributed by atoms with E-state index in [4.69, 9.17) is 23.2 Å². The maximum atomic E-state index is 12.0. The van der Waals surface area contributed by atoms with Gasteiger partial charge in [-0.15, -0.1) is 0 Å². The molecule has 0 saturated carbocycles. The van der Waals surface area contributed by atoms with Gasteiger partial charge < -0.3 is 4.74 Å². The number of esters is 1. The first kappa shape index (κ1) is 16.2. The molecule has 8 heteroatoms. The number of rotatable bonds is 6. The van der Waals surface area contributed by atoms with Crippen LogP contribution in [0.15, 0.2) is 23.1 Å². The molecule has 0 aliphatic rings. The minimum atomic E-state index is -3.85. The van der Waals surface area contributed by atoms with Gasteiger partial charge in [0.2, 0.25) is 10.0 Å². The van der Waals surface area contributed by atoms with Crippen LogP contribution < -0.4 is 4.72 Å². The smallest absolute Gasteiger partial charge is 0.307 e. The average molecular weight is 326 g/mol. The molecular formula is C11H13Cl2NO4S. The zero-order valence-corrected chi connectivity index (χ0v) is 12.5. The maximum absolute atomic E-state index is 12.0. The highest BCUT2D eigenvalue weighted by Crippen LogP contribution is 2.28. The van der Waals surface area contributed by atoms with Crippen molar-refractivity contribution in [2.45, 2.75) is 18.2 Å². The van der Waals surface area contributed by atoms with Crippen molar-refractivity contribution >= 4 is 39.2 Å². The molecule has 0 amide bonds. The molecule has 19 heavy (non-hydrogen) atoms. The van der Waals surface area contributed by atoms with Crippen LogP contribution >= 0.6 is 23.2 Å². The number of hydrogen-bond donors (Lipinski definition) is 1. The van der Waals surface area contributed by atoms with Crippen molar-refractivity contribution in [1.82, 2.24) is 4.72 Å². The lowest BCUT2D eigenvalue weighted by molar-refractivity contribution is -0.142. The molecule has 0 fully saturated rings. The summed E-state index contributed by atoms with van der Waals surface area (Å²) in [6.45, 7) is 1.84. The summed E-state index contributed by atoms with van der Waals surface area (Å²) in [5.74, 6) is -0.476. The highest BCUT2D eigenvalue weighted by Gasteiger charge is 2.21. The minimum absolute atomic E-state index is 0.0242. The van der Waals surface area contributed by atoms with Crippen molar-refractivity contribution in [3.63, 3.8) is 0 Å². The van der Waals surface area contributed by atoms with Crippen molar-refractivity contribution in [1.29, 1.82) is 0 Å². The number of sulfonamides is 1. The molecule has 1 aromatic carbocycles. The van der Waals surface area contributed by atoms with E-state index in [1.165, 1.54) is 12.1 Å². The van der Waals surface area contributed by atoms with Crippen molar-refractivity contribution in [2.24, 2.45) is 0 Å². The number of carbonyl (C=O) groups is 1. The highest BCUT2D eigenvalue weighted by molar-refractivity contribution is 7.89. The zero-order valence-electron chi connectivity index (χ0n) is 10.2. The Hall–Kier alpha value is -0.820. The second-order valence-corrected chi connectivity index (χ2v) is 6.02. The molecule has 0 bridgehead atoms. The van der Waals surface area contributed by atoms with Gasteiger partial charge in [-0.05, 0) is 19.1 Å². The molecule has 1 N–H and O–H groups in total. The first-order chi connectivity index (χ1) is 8.88. The monoisotopic (exact) mass is 325 g/mol. The van der Waals surface area contributed by atoms with Crippen LogP contribution in [0.1, 0.15) is 13.3 Å². The van der Waals surface area contributed by atoms with Gasteiger partial charge in [-0.3, -0.25) is 4.79 Å². The average Bonchev–Trinajstić information content (AvgIpc) is 2.28. The summed E-state index contributed by atoms with van der Waals surface area (Å²) in [7, 11) is -3.85. The third kappa shape index (κ3) is 4.65. The zero-order chi connectivity index (χ0) is 14.5. The van der Waals surface area contributed by atoms with Crippen molar-refractivity contribution < 1.29 is 17.9 Å². The van der Waals surface area contributed by atoms with Gasteiger partial charge in [-0.2, -0.15) is 0 Å². The lowest BCUT2D eigenvalue weighted by Crippen LogP contribution is -2.27. The third-order valence-corrected chi connectivity index (χ3v) is 4.53. The van der Waals surface area contributed by atoms with E-state index in [0.717, 1.165) is 0 Å². The number of ether oxygens (including phenoxy) is 1. The summed E-state index contributed by atoms with van der Waals surface area (Å²) in [6.07, 6.45) is -0.0604. The van der Waals surface area contributed by atoms with Crippen LogP contribution in [0.5, 0.6) is 0 Å². The Bertz CT molecular complexity index is 540. The maximum Gasteiger partial charge on any atom is 0.307 e. The van der Waals surface area contributed by atoms with Crippen LogP contribution in [0.2, 0.25) is 10.0 Å². The standard InChI is InChI=1S/C11H13Cl2NO4S/c1-2-18-10(15)6-7-14-19(16,17)11-8(12)4-3-5-9(11)13/h3-5,14H,2,6-7H2,1H3. The van der Waals surface area contributed by atoms with Crippen LogP contribution in [0, 0.1) is 0 Å². The molecule has 0 aliphatic carbocycles. The van der Waals surface area contributed by atoms with Gasteiger partial charge in [0, 0.05) is 6.54 Å². The Morgan fingerprint density at radius 3 is 2.42 bits per heavy atom. The first-order valence-corrected chi connectivity index (χ1v) is 7.71. The van der Waals surface area contributed by atoms with Crippen LogP contribution in [0.3, 0.4) is 0 Å². The largest absolute Gasteiger partial charge is 0.466 e. The van der Waals surface area contributed by atoms with E-state index in [2.05, 4.69) is 9.46 Å². The fraction of sp³-hybridized carbons (Fsp3) is 0.364. The molecule has 5 nitrogen and oxygen atoms in total. The van der Waals surface area contributed by atoms with Gasteiger partial charge >= 0.3 is 5.97 Å². The van der Waals surface area contributed by atoms with E-state index in [9.17, 15) is 13.2 Å². The molecular weight excluding hydrogens is 313 g/mol. The summed E-state index contributed by atoms with van der Waals surface area (Å²) in [6, 6.07) is 4.39. The molecule has 0 heterocycles. The minimum Gasteiger partial charge on any atom is -0.466 e. The topological polar surface area (TPSA) is 72.5 Å². The summed E-state index contributed by atoms with van der Waals surface area (Å²) < 4.78 is 30.9. The van der Waals surface area contributed by atoms with Gasteiger partial charge in [-0.25, -0.2) is 13.1 Å². The van der Waals surface area contributed by atoms with E-state index in [-0.39, 0.29) is 34.5 Å². The second kappa shape index (κ2) is 7.09. The van der Waals surface area contributed by atoms with E-state index in [1.54, 1.807) is 13.0 Å². The third-order valence-electron chi connectivity index (χ3n) is 2.11. The summed E-state index contributed by atoms with van der Waals surface area (Å²) in [4.78, 5) is 10.9. The number of benzene rings is 1. The molecule has 0 spiro atoms. The number of nitrogens with one attached hydrogen (secondary N) is 1. The van der Waals surface area contributed by atoms with Crippen LogP contribution in [-0.2, 0) is 19.6 Å². The molecule has 0 radical (unpaired) electrons. The number of hydrogen-bond acceptors (Lipinski definition) is 4. The normalized spacial score (nSPS) is 11.3. The van der Waals surface area contributed by atoms with E-state index < -0.39 is 16.0 Å². The van der Waals surface area contributed by atoms with E-state index in [0.29, 0.717) is 0 Å². The van der Waals surface area contributed by atoms with E-state index in [1.807, 2.05) is 0 Å². The summed E-state index contributed by atoms with van der Waals surface area (Å²) >= 11 is 11.6. The molecule has 0 aromatic heterocycles. The van der Waals surface area contributed by atoms with Gasteiger partial charge in [0.25, 0.3) is 0 Å². The van der Waals surface area contributed by atoms with Crippen LogP contribution in [0.4, 0.5) is 0 Å². The fourth-order valence-electron chi connectivity index (χ4n) is 1.33. The lowest BCUT2D eigenvalue weighted by Gasteiger charge is -2.09. The molecule has 1 aromatic rings. The van der Waals surface area contributed by atoms with Crippen molar-refractivity contribution in [2.75, 3.05) is 13.2 Å². The summed E-state index contributed by atoms with van der Waals surface area (Å²) in [5, 5.41) is 0.0484. The molecule has 0 saturated heterocycles. The Balaban J connectivity index is 2.74. The summed E-state index contributed by atoms with van der Waals surface area (Å²) in [5.41, 5.74) is 0. The van der Waals surface area contributed by atoms with Gasteiger partial charge in [-0.1, -0.05) is 29.3 Å².